The van der Waals surface area contributed by atoms with E-state index in [1.54, 1.807) is 24.5 Å². The van der Waals surface area contributed by atoms with E-state index >= 15 is 0 Å². The first-order valence-corrected chi connectivity index (χ1v) is 9.51. The molecule has 1 aromatic carbocycles. The van der Waals surface area contributed by atoms with Crippen LogP contribution in [-0.2, 0) is 15.6 Å². The Bertz CT molecular complexity index is 856. The van der Waals surface area contributed by atoms with Crippen LogP contribution in [0.1, 0.15) is 35.7 Å². The van der Waals surface area contributed by atoms with Crippen molar-refractivity contribution in [2.75, 3.05) is 13.1 Å². The maximum absolute atomic E-state index is 12.8. The molecule has 0 spiro atoms. The lowest BCUT2D eigenvalue weighted by Crippen LogP contribution is -2.45. The molecule has 7 heteroatoms. The van der Waals surface area contributed by atoms with Gasteiger partial charge in [-0.3, -0.25) is 9.78 Å². The van der Waals surface area contributed by atoms with Gasteiger partial charge in [0.2, 0.25) is 10.0 Å². The van der Waals surface area contributed by atoms with E-state index < -0.39 is 15.6 Å². The van der Waals surface area contributed by atoms with Crippen molar-refractivity contribution in [2.45, 2.75) is 30.3 Å². The predicted molar refractivity (Wildman–Crippen MR) is 92.6 cm³/mol. The van der Waals surface area contributed by atoms with E-state index in [0.29, 0.717) is 24.0 Å². The van der Waals surface area contributed by atoms with Crippen LogP contribution in [0.2, 0.25) is 0 Å². The molecule has 2 aromatic rings. The van der Waals surface area contributed by atoms with E-state index in [-0.39, 0.29) is 23.8 Å². The van der Waals surface area contributed by atoms with Gasteiger partial charge in [-0.15, -0.1) is 0 Å². The fraction of sp³-hybridized carbons (Fsp3) is 0.333. The lowest BCUT2D eigenvalue weighted by atomic mass is 9.86. The van der Waals surface area contributed by atoms with Crippen LogP contribution in [-0.4, -0.2) is 41.7 Å². The number of piperidine rings is 1. The van der Waals surface area contributed by atoms with Gasteiger partial charge in [0.15, 0.2) is 5.78 Å². The highest BCUT2D eigenvalue weighted by Crippen LogP contribution is 2.34. The van der Waals surface area contributed by atoms with Crippen molar-refractivity contribution in [3.05, 3.63) is 59.9 Å². The Hall–Kier alpha value is -2.09. The van der Waals surface area contributed by atoms with Gasteiger partial charge in [0.05, 0.1) is 10.5 Å². The summed E-state index contributed by atoms with van der Waals surface area (Å²) >= 11 is 0. The quantitative estimate of drug-likeness (QED) is 0.842. The molecule has 0 atom stereocenters. The lowest BCUT2D eigenvalue weighted by Gasteiger charge is -2.37. The minimum atomic E-state index is -3.64. The first-order valence-electron chi connectivity index (χ1n) is 8.07. The van der Waals surface area contributed by atoms with Crippen LogP contribution in [0.3, 0.4) is 0 Å². The van der Waals surface area contributed by atoms with E-state index in [1.165, 1.54) is 35.5 Å². The van der Waals surface area contributed by atoms with Crippen LogP contribution >= 0.6 is 0 Å². The molecule has 6 nitrogen and oxygen atoms in total. The summed E-state index contributed by atoms with van der Waals surface area (Å²) in [7, 11) is -3.64. The van der Waals surface area contributed by atoms with Crippen LogP contribution in [0.15, 0.2) is 53.7 Å². The summed E-state index contributed by atoms with van der Waals surface area (Å²) in [5, 5.41) is 10.8. The number of Topliss-reactive ketones (excluding diaryl/α,β-unsaturated/α-hetero) is 1. The molecule has 2 heterocycles. The van der Waals surface area contributed by atoms with Crippen molar-refractivity contribution in [3.8, 4) is 0 Å². The van der Waals surface area contributed by atoms with Crippen molar-refractivity contribution in [3.63, 3.8) is 0 Å². The Morgan fingerprint density at radius 2 is 1.80 bits per heavy atom. The van der Waals surface area contributed by atoms with Crippen LogP contribution in [0, 0.1) is 0 Å². The summed E-state index contributed by atoms with van der Waals surface area (Å²) in [5.74, 6) is -0.108. The smallest absolute Gasteiger partial charge is 0.243 e. The third kappa shape index (κ3) is 3.49. The third-order valence-electron chi connectivity index (χ3n) is 4.65. The Morgan fingerprint density at radius 1 is 1.16 bits per heavy atom. The van der Waals surface area contributed by atoms with Gasteiger partial charge in [0.1, 0.15) is 0 Å². The summed E-state index contributed by atoms with van der Waals surface area (Å²) in [5.41, 5.74) is 0.125. The number of carbonyl (C=O) groups excluding carboxylic acids is 1. The second-order valence-corrected chi connectivity index (χ2v) is 8.20. The summed E-state index contributed by atoms with van der Waals surface area (Å²) in [6.07, 6.45) is 3.87. The van der Waals surface area contributed by atoms with E-state index in [9.17, 15) is 18.3 Å². The Morgan fingerprint density at radius 3 is 2.32 bits per heavy atom. The van der Waals surface area contributed by atoms with Gasteiger partial charge in [0, 0.05) is 36.6 Å². The number of hydrogen-bond donors (Lipinski definition) is 1. The van der Waals surface area contributed by atoms with Gasteiger partial charge in [-0.1, -0.05) is 18.2 Å². The van der Waals surface area contributed by atoms with Gasteiger partial charge >= 0.3 is 0 Å². The maximum Gasteiger partial charge on any atom is 0.243 e. The molecule has 1 fully saturated rings. The van der Waals surface area contributed by atoms with E-state index in [1.807, 2.05) is 0 Å². The number of ketones is 1. The summed E-state index contributed by atoms with van der Waals surface area (Å²) < 4.78 is 26.9. The topological polar surface area (TPSA) is 87.6 Å². The van der Waals surface area contributed by atoms with E-state index in [2.05, 4.69) is 4.98 Å². The summed E-state index contributed by atoms with van der Waals surface area (Å²) in [4.78, 5) is 15.5. The number of rotatable bonds is 4. The molecule has 25 heavy (non-hydrogen) atoms. The Labute approximate surface area is 147 Å². The first-order chi connectivity index (χ1) is 11.8. The molecular formula is C18H20N2O4S. The number of pyridine rings is 1. The standard InChI is InChI=1S/C18H20N2O4S/c1-14(21)15-4-6-17(7-5-15)25(23,24)20-11-8-18(22,9-12-20)16-3-2-10-19-13-16/h2-7,10,13,22H,8-9,11-12H2,1H3. The minimum Gasteiger partial charge on any atom is -0.385 e. The monoisotopic (exact) mass is 360 g/mol. The van der Waals surface area contributed by atoms with E-state index in [4.69, 9.17) is 0 Å². The molecule has 0 radical (unpaired) electrons. The number of carbonyl (C=O) groups is 1. The number of sulfonamides is 1. The fourth-order valence-electron chi connectivity index (χ4n) is 3.03. The van der Waals surface area contributed by atoms with Crippen molar-refractivity contribution >= 4 is 15.8 Å². The number of nitrogens with zero attached hydrogens (tertiary/aromatic N) is 2. The molecule has 1 aliphatic rings. The zero-order valence-corrected chi connectivity index (χ0v) is 14.7. The van der Waals surface area contributed by atoms with Gasteiger partial charge in [-0.05, 0) is 38.0 Å². The van der Waals surface area contributed by atoms with Crippen molar-refractivity contribution in [1.82, 2.24) is 9.29 Å². The molecule has 1 N–H and O–H groups in total. The highest BCUT2D eigenvalue weighted by atomic mass is 32.2. The average Bonchev–Trinajstić information content (AvgIpc) is 2.63. The SMILES string of the molecule is CC(=O)c1ccc(S(=O)(=O)N2CCC(O)(c3cccnc3)CC2)cc1. The first kappa shape index (κ1) is 17.7. The molecule has 132 valence electrons. The highest BCUT2D eigenvalue weighted by Gasteiger charge is 2.38. The van der Waals surface area contributed by atoms with Crippen molar-refractivity contribution < 1.29 is 18.3 Å². The normalized spacial score (nSPS) is 18.0. The van der Waals surface area contributed by atoms with Crippen LogP contribution in [0.4, 0.5) is 0 Å². The molecular weight excluding hydrogens is 340 g/mol. The number of hydrogen-bond acceptors (Lipinski definition) is 5. The second kappa shape index (κ2) is 6.67. The zero-order chi connectivity index (χ0) is 18.1. The van der Waals surface area contributed by atoms with Gasteiger partial charge < -0.3 is 5.11 Å². The average molecular weight is 360 g/mol. The van der Waals surface area contributed by atoms with Gasteiger partial charge in [-0.25, -0.2) is 8.42 Å². The fourth-order valence-corrected chi connectivity index (χ4v) is 4.48. The van der Waals surface area contributed by atoms with Gasteiger partial charge in [-0.2, -0.15) is 4.31 Å². The van der Waals surface area contributed by atoms with Crippen LogP contribution in [0.5, 0.6) is 0 Å². The molecule has 0 unspecified atom stereocenters. The maximum atomic E-state index is 12.8. The zero-order valence-electron chi connectivity index (χ0n) is 13.9. The van der Waals surface area contributed by atoms with Crippen molar-refractivity contribution in [1.29, 1.82) is 0 Å². The van der Waals surface area contributed by atoms with E-state index in [0.717, 1.165) is 0 Å². The number of aliphatic hydroxyl groups is 1. The second-order valence-electron chi connectivity index (χ2n) is 6.26. The molecule has 0 saturated carbocycles. The molecule has 1 saturated heterocycles. The van der Waals surface area contributed by atoms with Crippen LogP contribution in [0.25, 0.3) is 0 Å². The molecule has 1 aliphatic heterocycles. The van der Waals surface area contributed by atoms with Crippen molar-refractivity contribution in [2.24, 2.45) is 0 Å². The third-order valence-corrected chi connectivity index (χ3v) is 6.56. The molecule has 0 amide bonds. The molecule has 1 aromatic heterocycles. The number of aromatic nitrogens is 1. The predicted octanol–water partition coefficient (Wildman–Crippen LogP) is 1.96. The summed E-state index contributed by atoms with van der Waals surface area (Å²) in [6.45, 7) is 1.89. The van der Waals surface area contributed by atoms with Gasteiger partial charge in [0.25, 0.3) is 0 Å². The molecule has 0 bridgehead atoms. The molecule has 3 rings (SSSR count). The lowest BCUT2D eigenvalue weighted by molar-refractivity contribution is -0.00989. The number of benzene rings is 1. The summed E-state index contributed by atoms with van der Waals surface area (Å²) in [6, 6.07) is 9.50. The minimum absolute atomic E-state index is 0.108. The largest absolute Gasteiger partial charge is 0.385 e. The highest BCUT2D eigenvalue weighted by molar-refractivity contribution is 7.89. The Balaban J connectivity index is 1.76. The Kier molecular flexibility index (Phi) is 4.73. The van der Waals surface area contributed by atoms with Crippen LogP contribution < -0.4 is 0 Å². The molecule has 0 aliphatic carbocycles.